The fraction of sp³-hybridized carbons (Fsp3) is 0.321. The van der Waals surface area contributed by atoms with Gasteiger partial charge in [0.2, 0.25) is 0 Å². The van der Waals surface area contributed by atoms with Crippen LogP contribution in [0.3, 0.4) is 0 Å². The quantitative estimate of drug-likeness (QED) is 0.366. The fourth-order valence-corrected chi connectivity index (χ4v) is 4.25. The molecule has 1 heterocycles. The molecular formula is C28H33N5O2. The molecule has 7 heteroatoms. The minimum atomic E-state index is -0.220. The molecule has 182 valence electrons. The lowest BCUT2D eigenvalue weighted by molar-refractivity contribution is -0.118. The van der Waals surface area contributed by atoms with Gasteiger partial charge in [0.05, 0.1) is 5.69 Å². The summed E-state index contributed by atoms with van der Waals surface area (Å²) in [7, 11) is 0. The summed E-state index contributed by atoms with van der Waals surface area (Å²) in [6.07, 6.45) is 0. The Bertz CT molecular complexity index is 1370. The zero-order valence-corrected chi connectivity index (χ0v) is 21.3. The Kier molecular flexibility index (Phi) is 7.05. The first-order valence-corrected chi connectivity index (χ1v) is 12.0. The first-order chi connectivity index (χ1) is 16.8. The van der Waals surface area contributed by atoms with Crippen LogP contribution in [0.5, 0.6) is 5.75 Å². The maximum Gasteiger partial charge on any atom is 0.262 e. The summed E-state index contributed by atoms with van der Waals surface area (Å²) in [4.78, 5) is 16.6. The van der Waals surface area contributed by atoms with Crippen LogP contribution < -0.4 is 15.0 Å². The number of aryl methyl sites for hydroxylation is 4. The number of anilines is 2. The lowest BCUT2D eigenvalue weighted by Gasteiger charge is -2.22. The third kappa shape index (κ3) is 5.29. The summed E-state index contributed by atoms with van der Waals surface area (Å²) in [5.74, 6) is 0.492. The molecule has 0 aliphatic carbocycles. The molecule has 7 nitrogen and oxygen atoms in total. The molecule has 0 radical (unpaired) electrons. The van der Waals surface area contributed by atoms with Crippen molar-refractivity contribution in [2.24, 2.45) is 0 Å². The molecule has 0 aliphatic rings. The van der Waals surface area contributed by atoms with Gasteiger partial charge in [0.25, 0.3) is 5.91 Å². The van der Waals surface area contributed by atoms with Gasteiger partial charge in [-0.3, -0.25) is 4.79 Å². The number of amides is 1. The van der Waals surface area contributed by atoms with Gasteiger partial charge < -0.3 is 15.0 Å². The number of carbonyl (C=O) groups is 1. The van der Waals surface area contributed by atoms with E-state index < -0.39 is 0 Å². The summed E-state index contributed by atoms with van der Waals surface area (Å²) < 4.78 is 5.72. The van der Waals surface area contributed by atoms with Crippen LogP contribution in [0.2, 0.25) is 0 Å². The van der Waals surface area contributed by atoms with E-state index in [-0.39, 0.29) is 12.5 Å². The second-order valence-corrected chi connectivity index (χ2v) is 8.89. The van der Waals surface area contributed by atoms with Gasteiger partial charge in [-0.25, -0.2) is 0 Å². The van der Waals surface area contributed by atoms with E-state index in [9.17, 15) is 4.79 Å². The topological polar surface area (TPSA) is 72.3 Å². The number of rotatable bonds is 8. The van der Waals surface area contributed by atoms with Crippen LogP contribution in [0.4, 0.5) is 11.4 Å². The number of nitrogens with zero attached hydrogens (tertiary/aromatic N) is 4. The number of fused-ring (bicyclic) bond motifs is 1. The molecule has 0 bridgehead atoms. The third-order valence-electron chi connectivity index (χ3n) is 6.21. The van der Waals surface area contributed by atoms with Crippen molar-refractivity contribution in [3.8, 4) is 11.4 Å². The molecule has 4 rings (SSSR count). The lowest BCUT2D eigenvalue weighted by atomic mass is 10.1. The van der Waals surface area contributed by atoms with Gasteiger partial charge in [0.1, 0.15) is 16.8 Å². The summed E-state index contributed by atoms with van der Waals surface area (Å²) in [5, 5.41) is 12.3. The number of hydrogen-bond acceptors (Lipinski definition) is 5. The van der Waals surface area contributed by atoms with Crippen molar-refractivity contribution in [2.75, 3.05) is 29.9 Å². The number of benzene rings is 3. The van der Waals surface area contributed by atoms with Crippen molar-refractivity contribution in [1.29, 1.82) is 0 Å². The van der Waals surface area contributed by atoms with Crippen molar-refractivity contribution >= 4 is 28.3 Å². The van der Waals surface area contributed by atoms with Crippen molar-refractivity contribution < 1.29 is 9.53 Å². The summed E-state index contributed by atoms with van der Waals surface area (Å²) in [6, 6.07) is 16.0. The van der Waals surface area contributed by atoms with Crippen LogP contribution in [0.25, 0.3) is 16.7 Å². The highest BCUT2D eigenvalue weighted by Crippen LogP contribution is 2.25. The Morgan fingerprint density at radius 3 is 2.26 bits per heavy atom. The highest BCUT2D eigenvalue weighted by molar-refractivity contribution is 5.95. The van der Waals surface area contributed by atoms with Crippen molar-refractivity contribution in [3.63, 3.8) is 0 Å². The first-order valence-electron chi connectivity index (χ1n) is 12.0. The predicted molar refractivity (Wildman–Crippen MR) is 142 cm³/mol. The van der Waals surface area contributed by atoms with E-state index in [4.69, 9.17) is 9.84 Å². The third-order valence-corrected chi connectivity index (χ3v) is 6.21. The highest BCUT2D eigenvalue weighted by atomic mass is 16.5. The Labute approximate surface area is 206 Å². The SMILES string of the molecule is CCN(CC)c1ccc(-n2nc3cc(C)c(NC(=O)COc4ccc(C)cc4C)cc3n2)c(C)c1. The predicted octanol–water partition coefficient (Wildman–Crippen LogP) is 5.52. The molecule has 0 aliphatic heterocycles. The summed E-state index contributed by atoms with van der Waals surface area (Å²) >= 11 is 0. The Balaban J connectivity index is 1.52. The second kappa shape index (κ2) is 10.2. The molecule has 3 aromatic carbocycles. The molecule has 1 N–H and O–H groups in total. The average molecular weight is 472 g/mol. The van der Waals surface area contributed by atoms with Crippen molar-refractivity contribution in [1.82, 2.24) is 15.0 Å². The molecule has 1 aromatic heterocycles. The van der Waals surface area contributed by atoms with Gasteiger partial charge in [-0.05, 0) is 94.6 Å². The normalized spacial score (nSPS) is 11.0. The number of ether oxygens (including phenoxy) is 1. The van der Waals surface area contributed by atoms with E-state index in [0.29, 0.717) is 17.0 Å². The van der Waals surface area contributed by atoms with E-state index in [0.717, 1.165) is 46.5 Å². The van der Waals surface area contributed by atoms with Crippen molar-refractivity contribution in [3.05, 3.63) is 70.8 Å². The maximum absolute atomic E-state index is 12.6. The molecule has 35 heavy (non-hydrogen) atoms. The number of nitrogens with one attached hydrogen (secondary N) is 1. The minimum Gasteiger partial charge on any atom is -0.483 e. The molecule has 4 aromatic rings. The minimum absolute atomic E-state index is 0.0633. The summed E-state index contributed by atoms with van der Waals surface area (Å²) in [6.45, 7) is 14.2. The molecular weight excluding hydrogens is 438 g/mol. The standard InChI is InChI=1S/C28H33N5O2/c1-7-32(8-2)22-10-11-26(20(5)14-22)33-30-24-15-19(4)23(16-25(24)31-33)29-28(34)17-35-27-12-9-18(3)13-21(27)6/h9-16H,7-8,17H2,1-6H3,(H,29,34). The van der Waals surface area contributed by atoms with E-state index in [1.165, 1.54) is 5.69 Å². The zero-order valence-electron chi connectivity index (χ0n) is 21.3. The number of aromatic nitrogens is 3. The van der Waals surface area contributed by atoms with Gasteiger partial charge >= 0.3 is 0 Å². The zero-order chi connectivity index (χ0) is 25.1. The van der Waals surface area contributed by atoms with E-state index >= 15 is 0 Å². The smallest absolute Gasteiger partial charge is 0.262 e. The van der Waals surface area contributed by atoms with Gasteiger partial charge in [0, 0.05) is 24.5 Å². The Morgan fingerprint density at radius 2 is 1.60 bits per heavy atom. The molecule has 0 fully saturated rings. The molecule has 0 saturated heterocycles. The Morgan fingerprint density at radius 1 is 0.886 bits per heavy atom. The first kappa shape index (κ1) is 24.3. The maximum atomic E-state index is 12.6. The van der Waals surface area contributed by atoms with Gasteiger partial charge in [-0.1, -0.05) is 17.7 Å². The average Bonchev–Trinajstić information content (AvgIpc) is 3.22. The second-order valence-electron chi connectivity index (χ2n) is 8.89. The lowest BCUT2D eigenvalue weighted by Crippen LogP contribution is -2.21. The largest absolute Gasteiger partial charge is 0.483 e. The fourth-order valence-electron chi connectivity index (χ4n) is 4.25. The molecule has 1 amide bonds. The highest BCUT2D eigenvalue weighted by Gasteiger charge is 2.13. The van der Waals surface area contributed by atoms with Crippen LogP contribution in [-0.4, -0.2) is 40.6 Å². The van der Waals surface area contributed by atoms with Crippen LogP contribution >= 0.6 is 0 Å². The molecule has 0 unspecified atom stereocenters. The monoisotopic (exact) mass is 471 g/mol. The van der Waals surface area contributed by atoms with Gasteiger partial charge in [-0.2, -0.15) is 4.80 Å². The van der Waals surface area contributed by atoms with E-state index in [1.807, 2.05) is 51.1 Å². The van der Waals surface area contributed by atoms with Gasteiger partial charge in [0.15, 0.2) is 6.61 Å². The molecule has 0 spiro atoms. The molecule has 0 saturated carbocycles. The van der Waals surface area contributed by atoms with Crippen LogP contribution in [0.1, 0.15) is 36.1 Å². The molecule has 0 atom stereocenters. The van der Waals surface area contributed by atoms with E-state index in [1.54, 1.807) is 4.80 Å². The number of hydrogen-bond donors (Lipinski definition) is 1. The van der Waals surface area contributed by atoms with Crippen LogP contribution in [-0.2, 0) is 4.79 Å². The van der Waals surface area contributed by atoms with E-state index in [2.05, 4.69) is 54.3 Å². The van der Waals surface area contributed by atoms with Crippen molar-refractivity contribution in [2.45, 2.75) is 41.5 Å². The van der Waals surface area contributed by atoms with Gasteiger partial charge in [-0.15, -0.1) is 10.2 Å². The number of carbonyl (C=O) groups excluding carboxylic acids is 1. The van der Waals surface area contributed by atoms with Crippen LogP contribution in [0.15, 0.2) is 48.5 Å². The summed E-state index contributed by atoms with van der Waals surface area (Å²) in [5.41, 5.74) is 8.50. The Hall–Kier alpha value is -3.87. The van der Waals surface area contributed by atoms with Crippen LogP contribution in [0, 0.1) is 27.7 Å².